The van der Waals surface area contributed by atoms with E-state index in [2.05, 4.69) is 5.32 Å². The molecular weight excluding hydrogens is 322 g/mol. The molecule has 0 spiro atoms. The summed E-state index contributed by atoms with van der Waals surface area (Å²) in [6, 6.07) is 11.1. The third-order valence-corrected chi connectivity index (χ3v) is 3.71. The number of carbonyl (C=O) groups excluding carboxylic acids is 2. The van der Waals surface area contributed by atoms with E-state index in [-0.39, 0.29) is 24.0 Å². The molecule has 1 atom stereocenters. The molecular formula is C19H21NO5. The lowest BCUT2D eigenvalue weighted by Crippen LogP contribution is -2.23. The number of carbonyl (C=O) groups is 2. The van der Waals surface area contributed by atoms with Crippen molar-refractivity contribution in [2.24, 2.45) is 5.92 Å². The number of rotatable bonds is 6. The fourth-order valence-corrected chi connectivity index (χ4v) is 2.38. The molecule has 2 aromatic rings. The first-order chi connectivity index (χ1) is 11.9. The lowest BCUT2D eigenvalue weighted by Gasteiger charge is -2.15. The highest BCUT2D eigenvalue weighted by Crippen LogP contribution is 2.26. The van der Waals surface area contributed by atoms with Crippen molar-refractivity contribution in [3.63, 3.8) is 0 Å². The Balaban J connectivity index is 2.08. The van der Waals surface area contributed by atoms with Gasteiger partial charge >= 0.3 is 5.97 Å². The van der Waals surface area contributed by atoms with Crippen LogP contribution in [0.4, 0.5) is 5.69 Å². The standard InChI is InChI=1S/C19H21NO5/c1-3-25-19(24)14-6-4-5-7-15(14)20-18(23)12(2)10-13-8-9-16(21)17(22)11-13/h4-9,11-12,21-22H,3,10H2,1-2H3,(H,20,23). The number of esters is 1. The van der Waals surface area contributed by atoms with Crippen molar-refractivity contribution in [2.45, 2.75) is 20.3 Å². The van der Waals surface area contributed by atoms with Crippen LogP contribution in [0.2, 0.25) is 0 Å². The van der Waals surface area contributed by atoms with Crippen molar-refractivity contribution in [1.82, 2.24) is 0 Å². The van der Waals surface area contributed by atoms with Gasteiger partial charge in [-0.1, -0.05) is 25.1 Å². The number of amides is 1. The average Bonchev–Trinajstić information content (AvgIpc) is 2.58. The number of para-hydroxylation sites is 1. The van der Waals surface area contributed by atoms with Crippen LogP contribution in [0.15, 0.2) is 42.5 Å². The van der Waals surface area contributed by atoms with Gasteiger partial charge < -0.3 is 20.3 Å². The molecule has 25 heavy (non-hydrogen) atoms. The fourth-order valence-electron chi connectivity index (χ4n) is 2.38. The first kappa shape index (κ1) is 18.3. The Kier molecular flexibility index (Phi) is 6.00. The maximum absolute atomic E-state index is 12.4. The molecule has 0 aliphatic carbocycles. The van der Waals surface area contributed by atoms with Crippen LogP contribution >= 0.6 is 0 Å². The predicted molar refractivity (Wildman–Crippen MR) is 93.7 cm³/mol. The Morgan fingerprint density at radius 2 is 1.84 bits per heavy atom. The highest BCUT2D eigenvalue weighted by atomic mass is 16.5. The van der Waals surface area contributed by atoms with Crippen LogP contribution in [0.1, 0.15) is 29.8 Å². The van der Waals surface area contributed by atoms with Gasteiger partial charge in [-0.2, -0.15) is 0 Å². The minimum Gasteiger partial charge on any atom is -0.504 e. The molecule has 0 saturated heterocycles. The summed E-state index contributed by atoms with van der Waals surface area (Å²) >= 11 is 0. The van der Waals surface area contributed by atoms with Crippen molar-refractivity contribution >= 4 is 17.6 Å². The van der Waals surface area contributed by atoms with E-state index in [0.717, 1.165) is 5.56 Å². The third kappa shape index (κ3) is 4.73. The number of phenolic OH excluding ortho intramolecular Hbond substituents is 2. The molecule has 2 aromatic carbocycles. The summed E-state index contributed by atoms with van der Waals surface area (Å²) < 4.78 is 4.99. The smallest absolute Gasteiger partial charge is 0.340 e. The maximum Gasteiger partial charge on any atom is 0.340 e. The van der Waals surface area contributed by atoms with Crippen LogP contribution in [0, 0.1) is 5.92 Å². The number of hydrogen-bond acceptors (Lipinski definition) is 5. The summed E-state index contributed by atoms with van der Waals surface area (Å²) in [6.45, 7) is 3.71. The van der Waals surface area contributed by atoms with E-state index in [1.165, 1.54) is 12.1 Å². The second kappa shape index (κ2) is 8.19. The number of phenols is 2. The summed E-state index contributed by atoms with van der Waals surface area (Å²) in [6.07, 6.45) is 0.376. The summed E-state index contributed by atoms with van der Waals surface area (Å²) in [5.74, 6) is -1.58. The van der Waals surface area contributed by atoms with Crippen molar-refractivity contribution in [3.8, 4) is 11.5 Å². The molecule has 0 saturated carbocycles. The minimum atomic E-state index is -0.491. The van der Waals surface area contributed by atoms with E-state index < -0.39 is 11.9 Å². The molecule has 0 bridgehead atoms. The van der Waals surface area contributed by atoms with Gasteiger partial charge in [0.05, 0.1) is 17.9 Å². The molecule has 2 rings (SSSR count). The second-order valence-electron chi connectivity index (χ2n) is 5.68. The van der Waals surface area contributed by atoms with E-state index in [9.17, 15) is 19.8 Å². The first-order valence-electron chi connectivity index (χ1n) is 8.00. The van der Waals surface area contributed by atoms with Gasteiger partial charge in [0.1, 0.15) is 0 Å². The molecule has 6 nitrogen and oxygen atoms in total. The molecule has 0 fully saturated rings. The van der Waals surface area contributed by atoms with Crippen LogP contribution in [-0.4, -0.2) is 28.7 Å². The van der Waals surface area contributed by atoms with Crippen LogP contribution < -0.4 is 5.32 Å². The number of aromatic hydroxyl groups is 2. The monoisotopic (exact) mass is 343 g/mol. The number of nitrogens with one attached hydrogen (secondary N) is 1. The zero-order chi connectivity index (χ0) is 18.4. The lowest BCUT2D eigenvalue weighted by molar-refractivity contribution is -0.119. The SMILES string of the molecule is CCOC(=O)c1ccccc1NC(=O)C(C)Cc1ccc(O)c(O)c1. The summed E-state index contributed by atoms with van der Waals surface area (Å²) in [5, 5.41) is 21.6. The Morgan fingerprint density at radius 3 is 2.52 bits per heavy atom. The second-order valence-corrected chi connectivity index (χ2v) is 5.68. The Hall–Kier alpha value is -3.02. The molecule has 1 amide bonds. The van der Waals surface area contributed by atoms with Gasteiger partial charge in [-0.3, -0.25) is 4.79 Å². The van der Waals surface area contributed by atoms with Gasteiger partial charge in [-0.05, 0) is 43.2 Å². The Bertz CT molecular complexity index is 772. The number of benzene rings is 2. The third-order valence-electron chi connectivity index (χ3n) is 3.71. The van der Waals surface area contributed by atoms with E-state index in [1.54, 1.807) is 44.2 Å². The van der Waals surface area contributed by atoms with Crippen molar-refractivity contribution < 1.29 is 24.5 Å². The Morgan fingerprint density at radius 1 is 1.12 bits per heavy atom. The molecule has 0 aliphatic rings. The van der Waals surface area contributed by atoms with Gasteiger partial charge in [-0.15, -0.1) is 0 Å². The van der Waals surface area contributed by atoms with Crippen LogP contribution in [-0.2, 0) is 16.0 Å². The summed E-state index contributed by atoms with van der Waals surface area (Å²) in [4.78, 5) is 24.4. The van der Waals surface area contributed by atoms with E-state index in [1.807, 2.05) is 0 Å². The normalized spacial score (nSPS) is 11.6. The number of ether oxygens (including phenoxy) is 1. The summed E-state index contributed by atoms with van der Waals surface area (Å²) in [7, 11) is 0. The maximum atomic E-state index is 12.4. The zero-order valence-electron chi connectivity index (χ0n) is 14.2. The van der Waals surface area contributed by atoms with E-state index >= 15 is 0 Å². The van der Waals surface area contributed by atoms with Gasteiger partial charge in [0, 0.05) is 5.92 Å². The topological polar surface area (TPSA) is 95.9 Å². The highest BCUT2D eigenvalue weighted by Gasteiger charge is 2.18. The van der Waals surface area contributed by atoms with Crippen LogP contribution in [0.5, 0.6) is 11.5 Å². The van der Waals surface area contributed by atoms with Crippen LogP contribution in [0.25, 0.3) is 0 Å². The number of anilines is 1. The average molecular weight is 343 g/mol. The molecule has 0 aliphatic heterocycles. The zero-order valence-corrected chi connectivity index (χ0v) is 14.2. The fraction of sp³-hybridized carbons (Fsp3) is 0.263. The van der Waals surface area contributed by atoms with Crippen LogP contribution in [0.3, 0.4) is 0 Å². The molecule has 1 unspecified atom stereocenters. The van der Waals surface area contributed by atoms with Crippen molar-refractivity contribution in [1.29, 1.82) is 0 Å². The largest absolute Gasteiger partial charge is 0.504 e. The predicted octanol–water partition coefficient (Wildman–Crippen LogP) is 3.09. The van der Waals surface area contributed by atoms with E-state index in [4.69, 9.17) is 4.74 Å². The summed E-state index contributed by atoms with van der Waals surface area (Å²) in [5.41, 5.74) is 1.41. The molecule has 3 N–H and O–H groups in total. The highest BCUT2D eigenvalue weighted by molar-refractivity contribution is 6.01. The molecule has 132 valence electrons. The van der Waals surface area contributed by atoms with Gasteiger partial charge in [0.2, 0.25) is 5.91 Å². The van der Waals surface area contributed by atoms with Gasteiger partial charge in [0.15, 0.2) is 11.5 Å². The number of hydrogen-bond donors (Lipinski definition) is 3. The van der Waals surface area contributed by atoms with Crippen molar-refractivity contribution in [3.05, 3.63) is 53.6 Å². The molecule has 0 radical (unpaired) electrons. The molecule has 0 heterocycles. The molecule has 6 heteroatoms. The quantitative estimate of drug-likeness (QED) is 0.553. The van der Waals surface area contributed by atoms with Crippen molar-refractivity contribution in [2.75, 3.05) is 11.9 Å². The Labute approximate surface area is 146 Å². The van der Waals surface area contributed by atoms with Gasteiger partial charge in [0.25, 0.3) is 0 Å². The van der Waals surface area contributed by atoms with E-state index in [0.29, 0.717) is 17.7 Å². The minimum absolute atomic E-state index is 0.204. The first-order valence-corrected chi connectivity index (χ1v) is 8.00. The lowest BCUT2D eigenvalue weighted by atomic mass is 9.99. The molecule has 0 aromatic heterocycles. The van der Waals surface area contributed by atoms with Gasteiger partial charge in [-0.25, -0.2) is 4.79 Å².